The number of esters is 1. The molecule has 3 rings (SSSR count). The third-order valence-electron chi connectivity index (χ3n) is 5.94. The van der Waals surface area contributed by atoms with Gasteiger partial charge in [-0.05, 0) is 36.5 Å². The Morgan fingerprint density at radius 3 is 2.88 bits per heavy atom. The molecule has 1 aliphatic heterocycles. The second-order valence-electron chi connectivity index (χ2n) is 7.00. The van der Waals surface area contributed by atoms with Crippen molar-refractivity contribution in [1.82, 2.24) is 0 Å². The van der Waals surface area contributed by atoms with Crippen LogP contribution in [0.1, 0.15) is 52.9 Å². The molecule has 2 nitrogen and oxygen atoms in total. The highest BCUT2D eigenvalue weighted by Gasteiger charge is 2.54. The lowest BCUT2D eigenvalue weighted by Gasteiger charge is -2.51. The lowest BCUT2D eigenvalue weighted by molar-refractivity contribution is -0.146. The molecule has 6 atom stereocenters. The summed E-state index contributed by atoms with van der Waals surface area (Å²) in [5.74, 6) is 2.33. The zero-order valence-corrected chi connectivity index (χ0v) is 11.2. The molecule has 0 N–H and O–H groups in total. The van der Waals surface area contributed by atoms with Crippen LogP contribution in [0.15, 0.2) is 0 Å². The van der Waals surface area contributed by atoms with Crippen LogP contribution in [0.25, 0.3) is 0 Å². The van der Waals surface area contributed by atoms with Crippen LogP contribution >= 0.6 is 0 Å². The van der Waals surface area contributed by atoms with E-state index >= 15 is 0 Å². The average molecular weight is 236 g/mol. The highest BCUT2D eigenvalue weighted by molar-refractivity contribution is 5.74. The van der Waals surface area contributed by atoms with E-state index < -0.39 is 0 Å². The summed E-state index contributed by atoms with van der Waals surface area (Å²) in [6, 6.07) is 0. The molecule has 3 aliphatic rings. The van der Waals surface area contributed by atoms with E-state index in [0.29, 0.717) is 11.3 Å². The smallest absolute Gasteiger partial charge is 0.309 e. The van der Waals surface area contributed by atoms with Crippen LogP contribution in [-0.2, 0) is 9.53 Å². The largest absolute Gasteiger partial charge is 0.462 e. The molecule has 0 amide bonds. The Morgan fingerprint density at radius 2 is 2.12 bits per heavy atom. The van der Waals surface area contributed by atoms with E-state index in [-0.39, 0.29) is 18.0 Å². The molecule has 0 bridgehead atoms. The van der Waals surface area contributed by atoms with Crippen molar-refractivity contribution in [1.29, 1.82) is 0 Å². The molecule has 96 valence electrons. The number of fused-ring (bicyclic) bond motifs is 2. The second-order valence-corrected chi connectivity index (χ2v) is 7.00. The van der Waals surface area contributed by atoms with Crippen LogP contribution in [0, 0.1) is 29.1 Å². The number of ether oxygens (including phenoxy) is 1. The molecule has 0 spiro atoms. The Labute approximate surface area is 104 Å². The molecule has 0 aromatic carbocycles. The van der Waals surface area contributed by atoms with E-state index in [1.54, 1.807) is 0 Å². The minimum absolute atomic E-state index is 0.0508. The van der Waals surface area contributed by atoms with E-state index in [9.17, 15) is 4.79 Å². The highest BCUT2D eigenvalue weighted by Crippen LogP contribution is 2.57. The predicted octanol–water partition coefficient (Wildman–Crippen LogP) is 3.40. The van der Waals surface area contributed by atoms with Crippen molar-refractivity contribution in [2.75, 3.05) is 0 Å². The fourth-order valence-corrected chi connectivity index (χ4v) is 4.81. The maximum absolute atomic E-state index is 11.7. The first kappa shape index (κ1) is 11.6. The monoisotopic (exact) mass is 236 g/mol. The van der Waals surface area contributed by atoms with E-state index in [4.69, 9.17) is 4.74 Å². The molecule has 3 fully saturated rings. The first-order valence-electron chi connectivity index (χ1n) is 7.22. The standard InChI is InChI=1S/C15H24O2/c1-9-5-4-6-15(3)8-13-11(7-12(9)15)10(2)14(16)17-13/h9-13H,4-8H2,1-3H3/t9-,10-,11+,12-,13+,15+/m0/s1. The quantitative estimate of drug-likeness (QED) is 0.603. The Morgan fingerprint density at radius 1 is 1.35 bits per heavy atom. The Kier molecular flexibility index (Phi) is 2.53. The summed E-state index contributed by atoms with van der Waals surface area (Å²) < 4.78 is 5.59. The third-order valence-corrected chi connectivity index (χ3v) is 5.94. The SMILES string of the molecule is C[C@@H]1C(=O)O[C@@H]2C[C@@]3(C)CCC[C@H](C)[C@@H]3C[C@H]12. The summed E-state index contributed by atoms with van der Waals surface area (Å²) in [4.78, 5) is 11.7. The molecule has 2 aliphatic carbocycles. The number of hydrogen-bond donors (Lipinski definition) is 0. The lowest BCUT2D eigenvalue weighted by Crippen LogP contribution is -2.46. The van der Waals surface area contributed by atoms with Gasteiger partial charge in [0.15, 0.2) is 0 Å². The molecule has 2 saturated carbocycles. The topological polar surface area (TPSA) is 26.3 Å². The van der Waals surface area contributed by atoms with Gasteiger partial charge >= 0.3 is 5.97 Å². The van der Waals surface area contributed by atoms with Crippen LogP contribution in [0.3, 0.4) is 0 Å². The minimum atomic E-state index is 0.0508. The van der Waals surface area contributed by atoms with Crippen molar-refractivity contribution in [3.05, 3.63) is 0 Å². The first-order chi connectivity index (χ1) is 8.01. The van der Waals surface area contributed by atoms with Crippen molar-refractivity contribution < 1.29 is 9.53 Å². The summed E-state index contributed by atoms with van der Waals surface area (Å²) in [6.07, 6.45) is 6.62. The van der Waals surface area contributed by atoms with E-state index in [1.807, 2.05) is 0 Å². The molecule has 1 heterocycles. The second kappa shape index (κ2) is 3.73. The van der Waals surface area contributed by atoms with Gasteiger partial charge in [0.25, 0.3) is 0 Å². The van der Waals surface area contributed by atoms with Gasteiger partial charge in [0.1, 0.15) is 6.10 Å². The van der Waals surface area contributed by atoms with Crippen molar-refractivity contribution >= 4 is 5.97 Å². The zero-order chi connectivity index (χ0) is 12.2. The van der Waals surface area contributed by atoms with Gasteiger partial charge in [0.05, 0.1) is 5.92 Å². The Balaban J connectivity index is 1.86. The third kappa shape index (κ3) is 1.63. The fourth-order valence-electron chi connectivity index (χ4n) is 4.81. The summed E-state index contributed by atoms with van der Waals surface area (Å²) in [5, 5.41) is 0. The summed E-state index contributed by atoms with van der Waals surface area (Å²) in [7, 11) is 0. The summed E-state index contributed by atoms with van der Waals surface area (Å²) in [6.45, 7) is 6.90. The number of carbonyl (C=O) groups is 1. The molecule has 0 aromatic rings. The average Bonchev–Trinajstić information content (AvgIpc) is 2.52. The van der Waals surface area contributed by atoms with Crippen LogP contribution in [0.2, 0.25) is 0 Å². The van der Waals surface area contributed by atoms with E-state index in [1.165, 1.54) is 25.7 Å². The van der Waals surface area contributed by atoms with Gasteiger partial charge in [-0.2, -0.15) is 0 Å². The molecule has 17 heavy (non-hydrogen) atoms. The predicted molar refractivity (Wildman–Crippen MR) is 66.4 cm³/mol. The molecule has 0 unspecified atom stereocenters. The van der Waals surface area contributed by atoms with E-state index in [2.05, 4.69) is 20.8 Å². The molecule has 1 saturated heterocycles. The molecular weight excluding hydrogens is 212 g/mol. The van der Waals surface area contributed by atoms with Crippen molar-refractivity contribution in [3.8, 4) is 0 Å². The van der Waals surface area contributed by atoms with Gasteiger partial charge in [-0.3, -0.25) is 4.79 Å². The molecule has 2 heteroatoms. The summed E-state index contributed by atoms with van der Waals surface area (Å²) in [5.41, 5.74) is 0.434. The Bertz CT molecular complexity index is 338. The van der Waals surface area contributed by atoms with Crippen LogP contribution in [0.4, 0.5) is 0 Å². The van der Waals surface area contributed by atoms with Gasteiger partial charge in [0.2, 0.25) is 0 Å². The van der Waals surface area contributed by atoms with Crippen molar-refractivity contribution in [3.63, 3.8) is 0 Å². The molecule has 0 radical (unpaired) electrons. The number of carbonyl (C=O) groups excluding carboxylic acids is 1. The van der Waals surface area contributed by atoms with Gasteiger partial charge < -0.3 is 4.74 Å². The first-order valence-corrected chi connectivity index (χ1v) is 7.22. The summed E-state index contributed by atoms with van der Waals surface area (Å²) >= 11 is 0. The van der Waals surface area contributed by atoms with Crippen LogP contribution in [0.5, 0.6) is 0 Å². The molecular formula is C15H24O2. The maximum Gasteiger partial charge on any atom is 0.309 e. The van der Waals surface area contributed by atoms with Gasteiger partial charge in [-0.1, -0.05) is 33.6 Å². The lowest BCUT2D eigenvalue weighted by atomic mass is 9.54. The van der Waals surface area contributed by atoms with Crippen LogP contribution in [-0.4, -0.2) is 12.1 Å². The van der Waals surface area contributed by atoms with E-state index in [0.717, 1.165) is 18.3 Å². The number of rotatable bonds is 0. The van der Waals surface area contributed by atoms with Gasteiger partial charge in [-0.15, -0.1) is 0 Å². The fraction of sp³-hybridized carbons (Fsp3) is 0.933. The van der Waals surface area contributed by atoms with Crippen molar-refractivity contribution in [2.45, 2.75) is 59.0 Å². The Hall–Kier alpha value is -0.530. The van der Waals surface area contributed by atoms with Gasteiger partial charge in [-0.25, -0.2) is 0 Å². The normalized spacial score (nSPS) is 53.8. The van der Waals surface area contributed by atoms with Gasteiger partial charge in [0, 0.05) is 5.92 Å². The zero-order valence-electron chi connectivity index (χ0n) is 11.2. The highest BCUT2D eigenvalue weighted by atomic mass is 16.6. The maximum atomic E-state index is 11.7. The number of hydrogen-bond acceptors (Lipinski definition) is 2. The molecule has 0 aromatic heterocycles. The van der Waals surface area contributed by atoms with Crippen molar-refractivity contribution in [2.24, 2.45) is 29.1 Å². The van der Waals surface area contributed by atoms with Crippen LogP contribution < -0.4 is 0 Å². The minimum Gasteiger partial charge on any atom is -0.462 e.